The largest absolute Gasteiger partial charge is 0.461 e. The van der Waals surface area contributed by atoms with Crippen molar-refractivity contribution in [2.45, 2.75) is 110 Å². The maximum absolute atomic E-state index is 13.1. The predicted octanol–water partition coefficient (Wildman–Crippen LogP) is 8.65. The summed E-state index contributed by atoms with van der Waals surface area (Å²) in [4.78, 5) is 29.0. The Hall–Kier alpha value is -2.27. The van der Waals surface area contributed by atoms with E-state index in [2.05, 4.69) is 34.2 Å². The van der Waals surface area contributed by atoms with Crippen molar-refractivity contribution in [3.8, 4) is 0 Å². The number of benzene rings is 1. The third-order valence-corrected chi connectivity index (χ3v) is 12.2. The first-order chi connectivity index (χ1) is 21.4. The minimum Gasteiger partial charge on any atom is -0.461 e. The van der Waals surface area contributed by atoms with Crippen molar-refractivity contribution in [2.75, 3.05) is 23.0 Å². The maximum atomic E-state index is 13.1. The van der Waals surface area contributed by atoms with Gasteiger partial charge in [-0.1, -0.05) is 76.7 Å². The van der Waals surface area contributed by atoms with Crippen LogP contribution in [0.3, 0.4) is 0 Å². The lowest BCUT2D eigenvalue weighted by Crippen LogP contribution is -2.65. The number of carbonyl (C=O) groups excluding carboxylic acids is 2. The average molecular weight is 696 g/mol. The summed E-state index contributed by atoms with van der Waals surface area (Å²) in [5, 5.41) is 5.89. The van der Waals surface area contributed by atoms with Crippen LogP contribution >= 0.6 is 23.2 Å². The van der Waals surface area contributed by atoms with E-state index in [1.165, 1.54) is 19.3 Å². The lowest BCUT2D eigenvalue weighted by atomic mass is 9.43. The number of hydrogen-bond donors (Lipinski definition) is 4. The van der Waals surface area contributed by atoms with E-state index in [0.29, 0.717) is 29.5 Å². The summed E-state index contributed by atoms with van der Waals surface area (Å²) in [5.41, 5.74) is 1.41. The van der Waals surface area contributed by atoms with Gasteiger partial charge in [0.2, 0.25) is 10.0 Å². The topological polar surface area (TPSA) is 129 Å². The van der Waals surface area contributed by atoms with Crippen LogP contribution in [0.2, 0.25) is 10.0 Å². The maximum Gasteiger partial charge on any atom is 0.356 e. The molecule has 1 aromatic carbocycles. The standard InChI is InChI=1S/C34H48Cl2N4O5S/c1-31(2,3)26-15-25(38-30(42)37-24-12-10-11-23(35)27(24)36)28(39-26)29(41)45-13-8-6-7-9-14-46(43,44)40-34-18-22-16-32(4,20-34)19-33(5,17-22)21-34/h10-12,15,22,39-40H,6-9,13-14,16-21H2,1-5H3,(H2,37,38,42). The highest BCUT2D eigenvalue weighted by Gasteiger charge is 2.60. The molecule has 2 unspecified atom stereocenters. The van der Waals surface area contributed by atoms with Gasteiger partial charge in [0, 0.05) is 16.6 Å². The summed E-state index contributed by atoms with van der Waals surface area (Å²) in [6.07, 6.45) is 9.15. The zero-order chi connectivity index (χ0) is 33.5. The molecule has 0 spiro atoms. The zero-order valence-corrected chi connectivity index (χ0v) is 29.9. The second kappa shape index (κ2) is 13.0. The quantitative estimate of drug-likeness (QED) is 0.131. The van der Waals surface area contributed by atoms with Crippen molar-refractivity contribution in [2.24, 2.45) is 16.7 Å². The Morgan fingerprint density at radius 2 is 1.61 bits per heavy atom. The molecule has 2 atom stereocenters. The van der Waals surface area contributed by atoms with Gasteiger partial charge in [0.25, 0.3) is 0 Å². The fourth-order valence-corrected chi connectivity index (χ4v) is 10.8. The van der Waals surface area contributed by atoms with E-state index in [1.54, 1.807) is 24.3 Å². The Morgan fingerprint density at radius 3 is 2.26 bits per heavy atom. The summed E-state index contributed by atoms with van der Waals surface area (Å²) in [6, 6.07) is 6.03. The molecular formula is C34H48Cl2N4O5S. The number of amides is 2. The number of esters is 1. The first kappa shape index (κ1) is 35.0. The molecular weight excluding hydrogens is 647 g/mol. The molecule has 0 aliphatic heterocycles. The molecule has 2 amide bonds. The summed E-state index contributed by atoms with van der Waals surface area (Å²) in [5.74, 6) is 0.151. The molecule has 1 heterocycles. The monoisotopic (exact) mass is 694 g/mol. The molecule has 12 heteroatoms. The molecule has 4 aliphatic rings. The van der Waals surface area contributed by atoms with E-state index in [-0.39, 0.29) is 50.5 Å². The highest BCUT2D eigenvalue weighted by atomic mass is 35.5. The van der Waals surface area contributed by atoms with Crippen LogP contribution in [0.25, 0.3) is 0 Å². The summed E-state index contributed by atoms with van der Waals surface area (Å²) in [7, 11) is -3.38. The van der Waals surface area contributed by atoms with Crippen molar-refractivity contribution in [1.82, 2.24) is 9.71 Å². The molecule has 4 N–H and O–H groups in total. The Morgan fingerprint density at radius 1 is 0.957 bits per heavy atom. The lowest BCUT2D eigenvalue weighted by Gasteiger charge is -2.65. The molecule has 1 aromatic heterocycles. The lowest BCUT2D eigenvalue weighted by molar-refractivity contribution is -0.110. The van der Waals surface area contributed by atoms with Crippen LogP contribution in [-0.2, 0) is 20.2 Å². The minimum atomic E-state index is -3.38. The van der Waals surface area contributed by atoms with E-state index in [1.807, 2.05) is 20.8 Å². The number of aromatic amines is 1. The Labute approximate surface area is 283 Å². The van der Waals surface area contributed by atoms with Crippen molar-refractivity contribution in [3.05, 3.63) is 45.7 Å². The fraction of sp³-hybridized carbons (Fsp3) is 0.647. The number of aromatic nitrogens is 1. The molecule has 0 radical (unpaired) electrons. The highest BCUT2D eigenvalue weighted by molar-refractivity contribution is 7.89. The van der Waals surface area contributed by atoms with Crippen molar-refractivity contribution in [3.63, 3.8) is 0 Å². The third-order valence-electron chi connectivity index (χ3n) is 9.82. The normalized spacial score (nSPS) is 27.1. The van der Waals surface area contributed by atoms with Gasteiger partial charge in [-0.2, -0.15) is 0 Å². The van der Waals surface area contributed by atoms with Crippen LogP contribution in [0, 0.1) is 16.7 Å². The van der Waals surface area contributed by atoms with Crippen LogP contribution in [0.5, 0.6) is 0 Å². The van der Waals surface area contributed by atoms with E-state index >= 15 is 0 Å². The first-order valence-electron chi connectivity index (χ1n) is 16.3. The Bertz CT molecular complexity index is 1570. The van der Waals surface area contributed by atoms with Gasteiger partial charge in [-0.25, -0.2) is 22.7 Å². The predicted molar refractivity (Wildman–Crippen MR) is 184 cm³/mol. The smallest absolute Gasteiger partial charge is 0.356 e. The molecule has 4 fully saturated rings. The number of rotatable bonds is 12. The van der Waals surface area contributed by atoms with E-state index in [4.69, 9.17) is 27.9 Å². The molecule has 0 saturated heterocycles. The number of hydrogen-bond acceptors (Lipinski definition) is 5. The third kappa shape index (κ3) is 8.23. The number of nitrogens with one attached hydrogen (secondary N) is 4. The number of ether oxygens (including phenoxy) is 1. The van der Waals surface area contributed by atoms with Crippen molar-refractivity contribution < 1.29 is 22.7 Å². The molecule has 254 valence electrons. The number of halogens is 2. The van der Waals surface area contributed by atoms with Gasteiger partial charge >= 0.3 is 12.0 Å². The van der Waals surface area contributed by atoms with Crippen molar-refractivity contribution >= 4 is 56.6 Å². The van der Waals surface area contributed by atoms with E-state index in [9.17, 15) is 18.0 Å². The number of H-pyrrole nitrogens is 1. The van der Waals surface area contributed by atoms with Crippen LogP contribution in [-0.4, -0.2) is 43.3 Å². The molecule has 4 bridgehead atoms. The van der Waals surface area contributed by atoms with Crippen LogP contribution in [0.1, 0.15) is 115 Å². The minimum absolute atomic E-state index is 0.113. The summed E-state index contributed by atoms with van der Waals surface area (Å²) >= 11 is 12.2. The molecule has 2 aromatic rings. The van der Waals surface area contributed by atoms with Gasteiger partial charge in [-0.05, 0) is 86.3 Å². The van der Waals surface area contributed by atoms with Gasteiger partial charge in [0.15, 0.2) is 0 Å². The molecule has 46 heavy (non-hydrogen) atoms. The van der Waals surface area contributed by atoms with Gasteiger partial charge in [0.1, 0.15) is 5.69 Å². The average Bonchev–Trinajstić information content (AvgIpc) is 3.32. The van der Waals surface area contributed by atoms with Gasteiger partial charge in [0.05, 0.1) is 33.8 Å². The number of unbranched alkanes of at least 4 members (excludes halogenated alkanes) is 3. The van der Waals surface area contributed by atoms with Crippen LogP contribution in [0.4, 0.5) is 16.2 Å². The van der Waals surface area contributed by atoms with Gasteiger partial charge in [-0.3, -0.25) is 0 Å². The number of urea groups is 1. The van der Waals surface area contributed by atoms with Crippen LogP contribution < -0.4 is 15.4 Å². The SMILES string of the molecule is CC12CC3CC(C)(C1)CC(NS(=O)(=O)CCCCCCOC(=O)c1[nH]c(C(C)(C)C)cc1NC(=O)Nc1cccc(Cl)c1Cl)(C3)C2. The Kier molecular flexibility index (Phi) is 9.89. The summed E-state index contributed by atoms with van der Waals surface area (Å²) < 4.78 is 35.0. The molecule has 9 nitrogen and oxygen atoms in total. The van der Waals surface area contributed by atoms with E-state index in [0.717, 1.165) is 37.8 Å². The summed E-state index contributed by atoms with van der Waals surface area (Å²) in [6.45, 7) is 10.8. The second-order valence-corrected chi connectivity index (χ2v) is 18.4. The van der Waals surface area contributed by atoms with E-state index < -0.39 is 22.0 Å². The molecule has 4 aliphatic carbocycles. The van der Waals surface area contributed by atoms with Crippen LogP contribution in [0.15, 0.2) is 24.3 Å². The number of carbonyl (C=O) groups is 2. The zero-order valence-electron chi connectivity index (χ0n) is 27.6. The fourth-order valence-electron chi connectivity index (χ4n) is 8.92. The van der Waals surface area contributed by atoms with Gasteiger partial charge < -0.3 is 20.4 Å². The first-order valence-corrected chi connectivity index (χ1v) is 18.7. The highest BCUT2D eigenvalue weighted by Crippen LogP contribution is 2.66. The number of anilines is 2. The number of sulfonamides is 1. The molecule has 6 rings (SSSR count). The van der Waals surface area contributed by atoms with Crippen molar-refractivity contribution in [1.29, 1.82) is 0 Å². The van der Waals surface area contributed by atoms with Gasteiger partial charge in [-0.15, -0.1) is 0 Å². The molecule has 4 saturated carbocycles. The second-order valence-electron chi connectivity index (χ2n) is 15.8. The Balaban J connectivity index is 1.08.